The summed E-state index contributed by atoms with van der Waals surface area (Å²) in [4.78, 5) is 24.5. The minimum Gasteiger partial charge on any atom is -0.495 e. The fourth-order valence-electron chi connectivity index (χ4n) is 2.77. The molecule has 150 valence electrons. The number of carbonyl (C=O) groups excluding carboxylic acids is 1. The van der Waals surface area contributed by atoms with Crippen LogP contribution in [0.1, 0.15) is 10.4 Å². The highest BCUT2D eigenvalue weighted by atomic mass is 32.3. The number of carbonyl (C=O) groups is 1. The summed E-state index contributed by atoms with van der Waals surface area (Å²) in [6.07, 6.45) is 0. The Kier molecular flexibility index (Phi) is 5.71. The van der Waals surface area contributed by atoms with Crippen LogP contribution in [0.3, 0.4) is 0 Å². The summed E-state index contributed by atoms with van der Waals surface area (Å²) in [5.74, 6) is 0.0366. The summed E-state index contributed by atoms with van der Waals surface area (Å²) in [6.45, 7) is 0. The Bertz CT molecular complexity index is 1040. The number of nitrogens with two attached hydrogens (primary N) is 2. The number of anilines is 1. The Morgan fingerprint density at radius 3 is 2.31 bits per heavy atom. The number of nitro groups is 1. The smallest absolute Gasteiger partial charge is 0.269 e. The van der Waals surface area contributed by atoms with Crippen LogP contribution in [-0.4, -0.2) is 17.9 Å². The number of nitrogen functional groups attached to an aromatic ring is 1. The van der Waals surface area contributed by atoms with E-state index >= 15 is 0 Å². The molecule has 0 aliphatic carbocycles. The fraction of sp³-hybridized carbons (Fsp3) is 0.0500. The highest BCUT2D eigenvalue weighted by Gasteiger charge is 2.30. The van der Waals surface area contributed by atoms with E-state index < -0.39 is 15.3 Å². The van der Waals surface area contributed by atoms with Crippen LogP contribution in [0.2, 0.25) is 0 Å². The van der Waals surface area contributed by atoms with Crippen LogP contribution >= 0.6 is 10.4 Å². The molecule has 0 aromatic heterocycles. The number of methoxy groups -OCH3 is 1. The molecule has 0 heterocycles. The Morgan fingerprint density at radius 2 is 1.72 bits per heavy atom. The molecule has 0 saturated heterocycles. The molecule has 5 N–H and O–H groups in total. The molecule has 1 unspecified atom stereocenters. The summed E-state index contributed by atoms with van der Waals surface area (Å²) >= 11 is 0. The molecule has 0 aliphatic rings. The summed E-state index contributed by atoms with van der Waals surface area (Å²) in [5, 5.41) is 17.8. The standard InChI is InChI=1S/C20H20N4O4S/c1-28-18-13-15(21)7-12-19(18)29(22,17-10-8-16(9-11-17)24(26)27)23-20(25)14-5-3-2-4-6-14/h2-13H,21-22H2,1H3,(H,23,25). The fourth-order valence-corrected chi connectivity index (χ4v) is 4.97. The molecular formula is C20H20N4O4S. The highest BCUT2D eigenvalue weighted by Crippen LogP contribution is 2.56. The van der Waals surface area contributed by atoms with Gasteiger partial charge < -0.3 is 10.5 Å². The molecule has 0 radical (unpaired) electrons. The van der Waals surface area contributed by atoms with Gasteiger partial charge in [0.1, 0.15) is 5.75 Å². The van der Waals surface area contributed by atoms with Crippen LogP contribution in [0.4, 0.5) is 11.4 Å². The predicted octanol–water partition coefficient (Wildman–Crippen LogP) is 3.63. The van der Waals surface area contributed by atoms with E-state index in [9.17, 15) is 14.9 Å². The summed E-state index contributed by atoms with van der Waals surface area (Å²) in [5.41, 5.74) is 6.70. The second-order valence-electron chi connectivity index (χ2n) is 6.12. The predicted molar refractivity (Wildman–Crippen MR) is 113 cm³/mol. The Labute approximate surface area is 169 Å². The minimum absolute atomic E-state index is 0.0749. The van der Waals surface area contributed by atoms with E-state index in [-0.39, 0.29) is 11.6 Å². The van der Waals surface area contributed by atoms with Gasteiger partial charge in [-0.25, -0.2) is 0 Å². The number of non-ortho nitro benzene ring substituents is 1. The SMILES string of the molecule is COc1cc(N)ccc1S(N)(NC(=O)c1ccccc1)c1ccc([N+](=O)[O-])cc1. The van der Waals surface area contributed by atoms with Crippen molar-refractivity contribution in [1.82, 2.24) is 4.72 Å². The average Bonchev–Trinajstić information content (AvgIpc) is 2.74. The van der Waals surface area contributed by atoms with Gasteiger partial charge in [0.15, 0.2) is 0 Å². The molecule has 1 amide bonds. The first-order valence-corrected chi connectivity index (χ1v) is 10.2. The lowest BCUT2D eigenvalue weighted by Crippen LogP contribution is -2.33. The molecule has 8 nitrogen and oxygen atoms in total. The first-order chi connectivity index (χ1) is 13.8. The van der Waals surface area contributed by atoms with Crippen molar-refractivity contribution in [2.45, 2.75) is 9.79 Å². The van der Waals surface area contributed by atoms with E-state index in [1.165, 1.54) is 31.4 Å². The monoisotopic (exact) mass is 412 g/mol. The van der Waals surface area contributed by atoms with Crippen molar-refractivity contribution in [2.75, 3.05) is 12.8 Å². The Hall–Kier alpha value is -3.56. The number of hydrogen-bond acceptors (Lipinski definition) is 6. The van der Waals surface area contributed by atoms with Gasteiger partial charge >= 0.3 is 0 Å². The normalized spacial score (nSPS) is 13.7. The Balaban J connectivity index is 2.13. The van der Waals surface area contributed by atoms with E-state index in [1.807, 2.05) is 0 Å². The van der Waals surface area contributed by atoms with Gasteiger partial charge in [-0.15, -0.1) is 0 Å². The number of nitrogens with one attached hydrogen (secondary N) is 1. The molecule has 0 fully saturated rings. The molecule has 3 aromatic rings. The first-order valence-electron chi connectivity index (χ1n) is 8.51. The van der Waals surface area contributed by atoms with Crippen molar-refractivity contribution in [3.8, 4) is 5.75 Å². The molecular weight excluding hydrogens is 392 g/mol. The molecule has 1 atom stereocenters. The largest absolute Gasteiger partial charge is 0.495 e. The van der Waals surface area contributed by atoms with Gasteiger partial charge in [-0.05, 0) is 36.4 Å². The van der Waals surface area contributed by atoms with Crippen LogP contribution in [0, 0.1) is 10.1 Å². The van der Waals surface area contributed by atoms with Gasteiger partial charge in [0, 0.05) is 34.3 Å². The van der Waals surface area contributed by atoms with Crippen LogP contribution in [0.5, 0.6) is 5.75 Å². The topological polar surface area (TPSA) is 134 Å². The molecule has 0 saturated carbocycles. The number of amides is 1. The van der Waals surface area contributed by atoms with Gasteiger partial charge in [-0.1, -0.05) is 28.6 Å². The third-order valence-corrected chi connectivity index (χ3v) is 6.80. The quantitative estimate of drug-likeness (QED) is 0.322. The van der Waals surface area contributed by atoms with Crippen molar-refractivity contribution >= 4 is 27.7 Å². The lowest BCUT2D eigenvalue weighted by molar-refractivity contribution is -0.384. The molecule has 3 aromatic carbocycles. The van der Waals surface area contributed by atoms with E-state index in [1.54, 1.807) is 48.5 Å². The van der Waals surface area contributed by atoms with Crippen LogP contribution in [0.25, 0.3) is 0 Å². The van der Waals surface area contributed by atoms with E-state index in [0.717, 1.165) is 0 Å². The van der Waals surface area contributed by atoms with Gasteiger partial charge in [-0.3, -0.25) is 24.8 Å². The number of ether oxygens (including phenoxy) is 1. The molecule has 0 bridgehead atoms. The maximum absolute atomic E-state index is 12.9. The van der Waals surface area contributed by atoms with E-state index in [0.29, 0.717) is 26.8 Å². The maximum atomic E-state index is 12.9. The van der Waals surface area contributed by atoms with Crippen molar-refractivity contribution in [1.29, 1.82) is 0 Å². The number of hydrogen-bond donors (Lipinski definition) is 3. The molecule has 0 aliphatic heterocycles. The average molecular weight is 412 g/mol. The van der Waals surface area contributed by atoms with Crippen LogP contribution < -0.4 is 20.3 Å². The van der Waals surface area contributed by atoms with E-state index in [4.69, 9.17) is 15.6 Å². The summed E-state index contributed by atoms with van der Waals surface area (Å²) in [7, 11) is -1.17. The van der Waals surface area contributed by atoms with Gasteiger partial charge in [-0.2, -0.15) is 0 Å². The van der Waals surface area contributed by atoms with Crippen molar-refractivity contribution in [3.63, 3.8) is 0 Å². The zero-order valence-electron chi connectivity index (χ0n) is 15.6. The van der Waals surface area contributed by atoms with Gasteiger partial charge in [0.2, 0.25) is 0 Å². The number of benzene rings is 3. The van der Waals surface area contributed by atoms with Crippen molar-refractivity contribution in [3.05, 3.63) is 88.5 Å². The van der Waals surface area contributed by atoms with Gasteiger partial charge in [0.05, 0.1) is 16.9 Å². The second-order valence-corrected chi connectivity index (χ2v) is 8.55. The van der Waals surface area contributed by atoms with Crippen LogP contribution in [-0.2, 0) is 0 Å². The lowest BCUT2D eigenvalue weighted by Gasteiger charge is -2.37. The third kappa shape index (κ3) is 4.15. The third-order valence-electron chi connectivity index (χ3n) is 4.24. The summed E-state index contributed by atoms with van der Waals surface area (Å²) < 4.78 is 8.36. The van der Waals surface area contributed by atoms with Crippen molar-refractivity contribution < 1.29 is 14.5 Å². The molecule has 29 heavy (non-hydrogen) atoms. The molecule has 3 rings (SSSR count). The Morgan fingerprint density at radius 1 is 1.07 bits per heavy atom. The molecule has 9 heteroatoms. The van der Waals surface area contributed by atoms with E-state index in [2.05, 4.69) is 4.72 Å². The first kappa shape index (κ1) is 20.2. The minimum atomic E-state index is -2.65. The zero-order chi connectivity index (χ0) is 21.0. The lowest BCUT2D eigenvalue weighted by atomic mass is 10.2. The number of nitrogens with zero attached hydrogens (tertiary/aromatic N) is 1. The highest BCUT2D eigenvalue weighted by molar-refractivity contribution is 8.30. The molecule has 0 spiro atoms. The van der Waals surface area contributed by atoms with Crippen LogP contribution in [0.15, 0.2) is 82.6 Å². The number of nitro benzene ring substituents is 1. The maximum Gasteiger partial charge on any atom is 0.269 e. The number of rotatable bonds is 6. The zero-order valence-corrected chi connectivity index (χ0v) is 16.4. The van der Waals surface area contributed by atoms with Crippen molar-refractivity contribution in [2.24, 2.45) is 5.14 Å². The second kappa shape index (κ2) is 8.21. The van der Waals surface area contributed by atoms with Gasteiger partial charge in [0.25, 0.3) is 11.6 Å². The summed E-state index contributed by atoms with van der Waals surface area (Å²) in [6, 6.07) is 19.4.